The van der Waals surface area contributed by atoms with Gasteiger partial charge in [-0.3, -0.25) is 4.79 Å². The molecule has 1 heterocycles. The zero-order valence-electron chi connectivity index (χ0n) is 15.9. The Balaban J connectivity index is 1.98. The van der Waals surface area contributed by atoms with Gasteiger partial charge < -0.3 is 0 Å². The molecule has 1 N–H and O–H groups in total. The molecule has 0 aliphatic carbocycles. The van der Waals surface area contributed by atoms with Crippen LogP contribution in [0.3, 0.4) is 0 Å². The molecule has 0 spiro atoms. The van der Waals surface area contributed by atoms with E-state index >= 15 is 0 Å². The van der Waals surface area contributed by atoms with E-state index < -0.39 is 35.0 Å². The number of hydrogen-bond acceptors (Lipinski definition) is 1. The van der Waals surface area contributed by atoms with Crippen LogP contribution in [-0.4, -0.2) is 16.3 Å². The minimum atomic E-state index is -5.02. The Kier molecular flexibility index (Phi) is 5.92. The van der Waals surface area contributed by atoms with E-state index in [1.54, 1.807) is 6.92 Å². The van der Waals surface area contributed by atoms with E-state index in [0.29, 0.717) is 25.0 Å². The lowest BCUT2D eigenvalue weighted by atomic mass is 9.96. The average Bonchev–Trinajstić information content (AvgIpc) is 2.68. The molecular weight excluding hydrogens is 410 g/mol. The Morgan fingerprint density at radius 1 is 0.967 bits per heavy atom. The maximum absolute atomic E-state index is 13.1. The molecule has 0 saturated heterocycles. The summed E-state index contributed by atoms with van der Waals surface area (Å²) in [4.78, 5) is 12.7. The fourth-order valence-corrected chi connectivity index (χ4v) is 3.49. The summed E-state index contributed by atoms with van der Waals surface area (Å²) in [5.74, 6) is -1.03. The quantitative estimate of drug-likeness (QED) is 0.488. The van der Waals surface area contributed by atoms with E-state index in [-0.39, 0.29) is 12.1 Å². The van der Waals surface area contributed by atoms with Crippen LogP contribution < -0.4 is 5.43 Å². The van der Waals surface area contributed by atoms with Crippen molar-refractivity contribution in [2.75, 3.05) is 0 Å². The van der Waals surface area contributed by atoms with Crippen molar-refractivity contribution in [3.8, 4) is 0 Å². The lowest BCUT2D eigenvalue weighted by Gasteiger charge is -2.22. The van der Waals surface area contributed by atoms with Gasteiger partial charge in [-0.05, 0) is 24.6 Å². The van der Waals surface area contributed by atoms with Gasteiger partial charge in [-0.25, -0.2) is 0 Å². The topological polar surface area (TPSA) is 32.1 Å². The number of carbonyl (C=O) groups excluding carboxylic acids is 1. The number of nitrogens with zero attached hydrogens (tertiary/aromatic N) is 1. The monoisotopic (exact) mass is 429 g/mol. The molecule has 9 heteroatoms. The number of carbonyl (C=O) groups is 1. The maximum atomic E-state index is 13.1. The van der Waals surface area contributed by atoms with E-state index in [9.17, 15) is 31.1 Å². The molecule has 1 aliphatic heterocycles. The Hall–Kier alpha value is -2.84. The zero-order valence-corrected chi connectivity index (χ0v) is 15.9. The molecule has 0 radical (unpaired) electrons. The van der Waals surface area contributed by atoms with Crippen molar-refractivity contribution in [2.45, 2.75) is 44.6 Å². The molecule has 1 aliphatic rings. The smallest absolute Gasteiger partial charge is 0.264 e. The Bertz CT molecular complexity index is 931. The maximum Gasteiger partial charge on any atom is 0.416 e. The minimum Gasteiger partial charge on any atom is -0.264 e. The van der Waals surface area contributed by atoms with E-state index in [2.05, 4.69) is 5.43 Å². The summed E-state index contributed by atoms with van der Waals surface area (Å²) in [6, 6.07) is 9.78. The minimum absolute atomic E-state index is 0.00181. The molecule has 1 unspecified atom stereocenters. The van der Waals surface area contributed by atoms with Crippen LogP contribution in [-0.2, 0) is 12.4 Å². The van der Waals surface area contributed by atoms with Crippen molar-refractivity contribution in [3.05, 3.63) is 70.8 Å². The normalized spacial score (nSPS) is 17.8. The van der Waals surface area contributed by atoms with Gasteiger partial charge in [0, 0.05) is 30.9 Å². The summed E-state index contributed by atoms with van der Waals surface area (Å²) in [6.45, 7) is 1.77. The van der Waals surface area contributed by atoms with Crippen molar-refractivity contribution in [2.24, 2.45) is 0 Å². The number of hydrazone groups is 1. The van der Waals surface area contributed by atoms with E-state index in [0.717, 1.165) is 17.7 Å². The number of rotatable bonds is 3. The van der Waals surface area contributed by atoms with Crippen LogP contribution in [0.2, 0.25) is 0 Å². The second kappa shape index (κ2) is 8.12. The van der Waals surface area contributed by atoms with Crippen LogP contribution in [0.15, 0.2) is 48.5 Å². The van der Waals surface area contributed by atoms with Crippen molar-refractivity contribution in [3.63, 3.8) is 0 Å². The van der Waals surface area contributed by atoms with Crippen LogP contribution in [0.4, 0.5) is 26.3 Å². The fourth-order valence-electron chi connectivity index (χ4n) is 3.49. The van der Waals surface area contributed by atoms with Gasteiger partial charge in [0.2, 0.25) is 6.04 Å². The van der Waals surface area contributed by atoms with Gasteiger partial charge in [0.25, 0.3) is 0 Å². The predicted molar refractivity (Wildman–Crippen MR) is 97.9 cm³/mol. The Labute approximate surface area is 169 Å². The number of hydrazine groups is 1. The van der Waals surface area contributed by atoms with Gasteiger partial charge in [-0.1, -0.05) is 30.3 Å². The highest BCUT2D eigenvalue weighted by Gasteiger charge is 2.38. The summed E-state index contributed by atoms with van der Waals surface area (Å²) < 4.78 is 80.1. The Morgan fingerprint density at radius 2 is 1.53 bits per heavy atom. The first kappa shape index (κ1) is 21.9. The van der Waals surface area contributed by atoms with Gasteiger partial charge in [0.1, 0.15) is 0 Å². The average molecular weight is 429 g/mol. The first-order valence-electron chi connectivity index (χ1n) is 9.24. The third-order valence-corrected chi connectivity index (χ3v) is 5.00. The van der Waals surface area contributed by atoms with E-state index in [4.69, 9.17) is 0 Å². The number of halogens is 6. The summed E-state index contributed by atoms with van der Waals surface area (Å²) in [6.07, 6.45) is -7.86. The molecule has 30 heavy (non-hydrogen) atoms. The molecule has 160 valence electrons. The number of alkyl halides is 6. The number of benzene rings is 2. The lowest BCUT2D eigenvalue weighted by molar-refractivity contribution is -0.620. The molecule has 0 bridgehead atoms. The van der Waals surface area contributed by atoms with Gasteiger partial charge in [-0.15, -0.1) is 10.1 Å². The third-order valence-electron chi connectivity index (χ3n) is 5.00. The SMILES string of the molecule is CC1=[N+](NC(=O)c2cc(C(F)(F)F)cc(C(F)(F)F)c2)C(c2ccccc2)CCC1. The predicted octanol–water partition coefficient (Wildman–Crippen LogP) is 5.77. The fraction of sp³-hybridized carbons (Fsp3) is 0.333. The van der Waals surface area contributed by atoms with Gasteiger partial charge in [-0.2, -0.15) is 26.3 Å². The first-order chi connectivity index (χ1) is 14.0. The van der Waals surface area contributed by atoms with E-state index in [1.807, 2.05) is 30.3 Å². The van der Waals surface area contributed by atoms with Gasteiger partial charge >= 0.3 is 18.3 Å². The lowest BCUT2D eigenvalue weighted by Crippen LogP contribution is -2.42. The largest absolute Gasteiger partial charge is 0.416 e. The van der Waals surface area contributed by atoms with Crippen molar-refractivity contribution in [1.82, 2.24) is 5.43 Å². The summed E-state index contributed by atoms with van der Waals surface area (Å²) >= 11 is 0. The molecule has 2 aromatic carbocycles. The molecule has 1 amide bonds. The van der Waals surface area contributed by atoms with Crippen LogP contribution in [0, 0.1) is 0 Å². The number of amides is 1. The highest BCUT2D eigenvalue weighted by molar-refractivity contribution is 5.94. The molecule has 2 aromatic rings. The molecule has 0 fully saturated rings. The number of nitrogens with one attached hydrogen (secondary N) is 1. The van der Waals surface area contributed by atoms with Crippen LogP contribution in [0.5, 0.6) is 0 Å². The zero-order chi connectivity index (χ0) is 22.1. The van der Waals surface area contributed by atoms with Crippen molar-refractivity contribution >= 4 is 11.6 Å². The standard InChI is InChI=1S/C21H18F6N2O/c1-13-6-5-9-18(14-7-3-2-4-8-14)29(13)28-19(30)15-10-16(20(22,23)24)12-17(11-15)21(25,26)27/h2-4,7-8,10-12,18H,5-6,9H2,1H3/p+1. The van der Waals surface area contributed by atoms with Gasteiger partial charge in [0.05, 0.1) is 11.1 Å². The molecular formula is C21H19F6N2O+. The first-order valence-corrected chi connectivity index (χ1v) is 9.24. The second-order valence-corrected chi connectivity index (χ2v) is 7.16. The van der Waals surface area contributed by atoms with Crippen LogP contribution >= 0.6 is 0 Å². The second-order valence-electron chi connectivity index (χ2n) is 7.16. The van der Waals surface area contributed by atoms with Crippen LogP contribution in [0.1, 0.15) is 59.3 Å². The molecule has 1 atom stereocenters. The van der Waals surface area contributed by atoms with Crippen molar-refractivity contribution in [1.29, 1.82) is 0 Å². The molecule has 3 rings (SSSR count). The molecule has 0 saturated carbocycles. The van der Waals surface area contributed by atoms with Crippen LogP contribution in [0.25, 0.3) is 0 Å². The van der Waals surface area contributed by atoms with E-state index in [1.165, 1.54) is 4.68 Å². The summed E-state index contributed by atoms with van der Waals surface area (Å²) in [5, 5.41) is 0. The highest BCUT2D eigenvalue weighted by atomic mass is 19.4. The third kappa shape index (κ3) is 4.83. The number of hydrogen-bond donors (Lipinski definition) is 1. The molecule has 3 nitrogen and oxygen atoms in total. The van der Waals surface area contributed by atoms with Crippen molar-refractivity contribution < 1.29 is 35.8 Å². The molecule has 0 aromatic heterocycles. The summed E-state index contributed by atoms with van der Waals surface area (Å²) in [7, 11) is 0. The Morgan fingerprint density at radius 3 is 2.07 bits per heavy atom. The van der Waals surface area contributed by atoms with Gasteiger partial charge in [0.15, 0.2) is 5.71 Å². The summed E-state index contributed by atoms with van der Waals surface area (Å²) in [5.41, 5.74) is 0.410. The highest BCUT2D eigenvalue weighted by Crippen LogP contribution is 2.36.